The zero-order valence-electron chi connectivity index (χ0n) is 18.3. The summed E-state index contributed by atoms with van der Waals surface area (Å²) >= 11 is 0. The molecule has 27 heavy (non-hydrogen) atoms. The van der Waals surface area contributed by atoms with Gasteiger partial charge in [0, 0.05) is 19.6 Å². The molecule has 0 atom stereocenters. The van der Waals surface area contributed by atoms with E-state index in [2.05, 4.69) is 63.8 Å². The van der Waals surface area contributed by atoms with E-state index in [1.54, 1.807) is 16.7 Å². The summed E-state index contributed by atoms with van der Waals surface area (Å²) in [6, 6.07) is 7.27. The largest absolute Gasteiger partial charge is 0.299 e. The lowest BCUT2D eigenvalue weighted by Crippen LogP contribution is -2.33. The molecule has 0 spiro atoms. The molecule has 1 aromatic carbocycles. The topological polar surface area (TPSA) is 3.24 Å². The van der Waals surface area contributed by atoms with Gasteiger partial charge in [0.05, 0.1) is 0 Å². The third-order valence-electron chi connectivity index (χ3n) is 7.05. The minimum atomic E-state index is 0.440. The maximum absolute atomic E-state index is 2.67. The molecule has 2 saturated carbocycles. The summed E-state index contributed by atoms with van der Waals surface area (Å²) in [6.07, 6.45) is 10.7. The summed E-state index contributed by atoms with van der Waals surface area (Å²) < 4.78 is 0. The Morgan fingerprint density at radius 2 is 1.74 bits per heavy atom. The molecule has 0 aromatic heterocycles. The second-order valence-corrected chi connectivity index (χ2v) is 11.4. The molecule has 0 bridgehead atoms. The molecule has 0 amide bonds. The van der Waals surface area contributed by atoms with Crippen molar-refractivity contribution in [2.45, 2.75) is 79.1 Å². The number of rotatable bonds is 4. The third-order valence-corrected chi connectivity index (χ3v) is 7.05. The Morgan fingerprint density at radius 1 is 1.04 bits per heavy atom. The summed E-state index contributed by atoms with van der Waals surface area (Å²) in [7, 11) is 0. The van der Waals surface area contributed by atoms with Crippen molar-refractivity contribution in [1.82, 2.24) is 4.90 Å². The van der Waals surface area contributed by atoms with Crippen LogP contribution in [0.5, 0.6) is 0 Å². The van der Waals surface area contributed by atoms with E-state index in [1.807, 2.05) is 0 Å². The number of hydrogen-bond acceptors (Lipinski definition) is 1. The molecular weight excluding hydrogens is 326 g/mol. The molecule has 1 nitrogen and oxygen atoms in total. The first-order chi connectivity index (χ1) is 12.7. The number of benzene rings is 1. The van der Waals surface area contributed by atoms with E-state index in [1.165, 1.54) is 57.2 Å². The fourth-order valence-corrected chi connectivity index (χ4v) is 6.17. The predicted molar refractivity (Wildman–Crippen MR) is 117 cm³/mol. The molecule has 1 aliphatic heterocycles. The van der Waals surface area contributed by atoms with Crippen LogP contribution in [-0.4, -0.2) is 24.5 Å². The molecule has 0 radical (unpaired) electrons. The van der Waals surface area contributed by atoms with Crippen molar-refractivity contribution in [2.75, 3.05) is 19.6 Å². The summed E-state index contributed by atoms with van der Waals surface area (Å²) in [5, 5.41) is 0. The second kappa shape index (κ2) is 7.07. The maximum atomic E-state index is 2.67. The van der Waals surface area contributed by atoms with Gasteiger partial charge in [0.2, 0.25) is 0 Å². The molecule has 1 heterocycles. The Morgan fingerprint density at radius 3 is 2.33 bits per heavy atom. The van der Waals surface area contributed by atoms with Crippen LogP contribution < -0.4 is 0 Å². The predicted octanol–water partition coefficient (Wildman–Crippen LogP) is 6.81. The minimum absolute atomic E-state index is 0.440. The zero-order valence-corrected chi connectivity index (χ0v) is 18.3. The van der Waals surface area contributed by atoms with Crippen LogP contribution in [0, 0.1) is 23.7 Å². The third kappa shape index (κ3) is 4.67. The van der Waals surface area contributed by atoms with Crippen molar-refractivity contribution >= 4 is 5.57 Å². The molecular formula is C26H39N. The Hall–Kier alpha value is -1.08. The minimum Gasteiger partial charge on any atom is -0.299 e. The maximum Gasteiger partial charge on any atom is 0.0169 e. The SMILES string of the molecule is Cc1ccc(C2=CCN(CC3CC3)CC2)c(C2CC(C)(C)CC(C)(C)C2)c1. The molecule has 4 rings (SSSR count). The number of aryl methyl sites for hydroxylation is 1. The lowest BCUT2D eigenvalue weighted by Gasteiger charge is -2.46. The zero-order chi connectivity index (χ0) is 19.2. The van der Waals surface area contributed by atoms with Gasteiger partial charge in [0.15, 0.2) is 0 Å². The molecule has 148 valence electrons. The average Bonchev–Trinajstić information content (AvgIpc) is 3.37. The van der Waals surface area contributed by atoms with E-state index in [0.29, 0.717) is 16.7 Å². The van der Waals surface area contributed by atoms with Crippen molar-refractivity contribution in [3.8, 4) is 0 Å². The van der Waals surface area contributed by atoms with E-state index in [9.17, 15) is 0 Å². The van der Waals surface area contributed by atoms with Gasteiger partial charge in [0.1, 0.15) is 0 Å². The molecule has 2 fully saturated rings. The molecule has 0 saturated heterocycles. The lowest BCUT2D eigenvalue weighted by molar-refractivity contribution is 0.0968. The first kappa shape index (κ1) is 19.2. The molecule has 1 heteroatoms. The smallest absolute Gasteiger partial charge is 0.0169 e. The monoisotopic (exact) mass is 365 g/mol. The van der Waals surface area contributed by atoms with Gasteiger partial charge in [-0.05, 0) is 84.8 Å². The highest BCUT2D eigenvalue weighted by Crippen LogP contribution is 2.52. The van der Waals surface area contributed by atoms with Gasteiger partial charge < -0.3 is 0 Å². The van der Waals surface area contributed by atoms with Crippen molar-refractivity contribution in [3.63, 3.8) is 0 Å². The highest BCUT2D eigenvalue weighted by Gasteiger charge is 2.39. The van der Waals surface area contributed by atoms with Crippen molar-refractivity contribution in [1.29, 1.82) is 0 Å². The lowest BCUT2D eigenvalue weighted by atomic mass is 9.59. The Kier molecular flexibility index (Phi) is 5.04. The molecule has 0 N–H and O–H groups in total. The van der Waals surface area contributed by atoms with Crippen molar-refractivity contribution < 1.29 is 0 Å². The van der Waals surface area contributed by atoms with Gasteiger partial charge in [-0.1, -0.05) is 57.5 Å². The van der Waals surface area contributed by atoms with E-state index < -0.39 is 0 Å². The quantitative estimate of drug-likeness (QED) is 0.566. The highest BCUT2D eigenvalue weighted by atomic mass is 15.1. The molecule has 1 aromatic rings. The first-order valence-corrected chi connectivity index (χ1v) is 11.2. The van der Waals surface area contributed by atoms with Crippen molar-refractivity contribution in [2.24, 2.45) is 16.7 Å². The van der Waals surface area contributed by atoms with Gasteiger partial charge in [-0.25, -0.2) is 0 Å². The van der Waals surface area contributed by atoms with Crippen LogP contribution in [0.1, 0.15) is 88.8 Å². The van der Waals surface area contributed by atoms with Crippen LogP contribution in [0.25, 0.3) is 5.57 Å². The summed E-state index contributed by atoms with van der Waals surface area (Å²) in [4.78, 5) is 2.67. The van der Waals surface area contributed by atoms with E-state index >= 15 is 0 Å². The van der Waals surface area contributed by atoms with Gasteiger partial charge in [-0.3, -0.25) is 4.90 Å². The van der Waals surface area contributed by atoms with Crippen LogP contribution in [0.2, 0.25) is 0 Å². The fraction of sp³-hybridized carbons (Fsp3) is 0.692. The van der Waals surface area contributed by atoms with Gasteiger partial charge in [0.25, 0.3) is 0 Å². The Bertz CT molecular complexity index is 704. The average molecular weight is 366 g/mol. The Balaban J connectivity index is 1.60. The molecule has 0 unspecified atom stereocenters. The normalized spacial score (nSPS) is 26.0. The van der Waals surface area contributed by atoms with Crippen LogP contribution in [-0.2, 0) is 0 Å². The molecule has 2 aliphatic carbocycles. The Labute approximate surface area is 167 Å². The standard InChI is InChI=1S/C26H39N/c1-19-6-9-23(21-10-12-27(13-11-21)17-20-7-8-20)24(14-19)22-15-25(2,3)18-26(4,5)16-22/h6,9-10,14,20,22H,7-8,11-13,15-18H2,1-5H3. The van der Waals surface area contributed by atoms with Gasteiger partial charge in [-0.2, -0.15) is 0 Å². The summed E-state index contributed by atoms with van der Waals surface area (Å²) in [5.41, 5.74) is 7.10. The fourth-order valence-electron chi connectivity index (χ4n) is 6.17. The van der Waals surface area contributed by atoms with Crippen LogP contribution >= 0.6 is 0 Å². The van der Waals surface area contributed by atoms with Gasteiger partial charge >= 0.3 is 0 Å². The second-order valence-electron chi connectivity index (χ2n) is 11.4. The van der Waals surface area contributed by atoms with Crippen LogP contribution in [0.4, 0.5) is 0 Å². The van der Waals surface area contributed by atoms with E-state index in [-0.39, 0.29) is 0 Å². The summed E-state index contributed by atoms with van der Waals surface area (Å²) in [5.74, 6) is 1.70. The van der Waals surface area contributed by atoms with Crippen LogP contribution in [0.3, 0.4) is 0 Å². The summed E-state index contributed by atoms with van der Waals surface area (Å²) in [6.45, 7) is 15.9. The number of hydrogen-bond donors (Lipinski definition) is 0. The first-order valence-electron chi connectivity index (χ1n) is 11.2. The highest BCUT2D eigenvalue weighted by molar-refractivity contribution is 5.70. The molecule has 3 aliphatic rings. The van der Waals surface area contributed by atoms with E-state index in [4.69, 9.17) is 0 Å². The van der Waals surface area contributed by atoms with E-state index in [0.717, 1.165) is 12.5 Å². The number of nitrogens with zero attached hydrogens (tertiary/aromatic N) is 1. The van der Waals surface area contributed by atoms with Crippen molar-refractivity contribution in [3.05, 3.63) is 41.0 Å². The van der Waals surface area contributed by atoms with Crippen LogP contribution in [0.15, 0.2) is 24.3 Å². The van der Waals surface area contributed by atoms with Gasteiger partial charge in [-0.15, -0.1) is 0 Å².